The predicted molar refractivity (Wildman–Crippen MR) is 188 cm³/mol. The molecule has 0 saturated heterocycles. The minimum absolute atomic E-state index is 0.0734. The first-order valence-corrected chi connectivity index (χ1v) is 17.4. The van der Waals surface area contributed by atoms with E-state index in [0.717, 1.165) is 42.6 Å². The van der Waals surface area contributed by atoms with Crippen molar-refractivity contribution in [3.05, 3.63) is 89.5 Å². The Morgan fingerprint density at radius 3 is 2.17 bits per heavy atom. The Labute approximate surface area is 276 Å². The van der Waals surface area contributed by atoms with Gasteiger partial charge in [0.1, 0.15) is 5.75 Å². The van der Waals surface area contributed by atoms with Crippen LogP contribution in [0, 0.1) is 5.41 Å². The summed E-state index contributed by atoms with van der Waals surface area (Å²) in [6, 6.07) is 22.2. The number of carbonyl (C=O) groups excluding carboxylic acids is 1. The first-order chi connectivity index (χ1) is 22.3. The Bertz CT molecular complexity index is 1410. The summed E-state index contributed by atoms with van der Waals surface area (Å²) in [5.74, 6) is 1.03. The topological polar surface area (TPSA) is 76.0 Å². The molecule has 0 spiro atoms. The second-order valence-corrected chi connectivity index (χ2v) is 13.2. The van der Waals surface area contributed by atoms with Crippen LogP contribution in [0.25, 0.3) is 22.3 Å². The molecule has 3 aromatic carbocycles. The van der Waals surface area contributed by atoms with Crippen LogP contribution in [0.5, 0.6) is 5.75 Å². The monoisotopic (exact) mass is 626 g/mol. The SMILES string of the molecule is C=C(C)C(=O)OCCc1cc(-c2ccc(-c3ccc(C4CCCCC4)cc3)cc2CC)ccc1OCCC(CO)(CO)CCCC. The number of esters is 1. The Morgan fingerprint density at radius 1 is 0.848 bits per heavy atom. The van der Waals surface area contributed by atoms with Gasteiger partial charge in [0, 0.05) is 17.4 Å². The molecule has 2 N–H and O–H groups in total. The lowest BCUT2D eigenvalue weighted by atomic mass is 9.81. The first kappa shape index (κ1) is 35.4. The Kier molecular flexibility index (Phi) is 13.5. The van der Waals surface area contributed by atoms with E-state index in [1.165, 1.54) is 59.9 Å². The largest absolute Gasteiger partial charge is 0.493 e. The van der Waals surface area contributed by atoms with E-state index < -0.39 is 11.4 Å². The average molecular weight is 627 g/mol. The van der Waals surface area contributed by atoms with Gasteiger partial charge in [0.15, 0.2) is 0 Å². The molecule has 0 aromatic heterocycles. The molecular weight excluding hydrogens is 572 g/mol. The summed E-state index contributed by atoms with van der Waals surface area (Å²) < 4.78 is 11.7. The third kappa shape index (κ3) is 9.33. The number of rotatable bonds is 17. The summed E-state index contributed by atoms with van der Waals surface area (Å²) in [6.45, 7) is 10.1. The normalized spacial score (nSPS) is 13.8. The molecular formula is C41H54O5. The quantitative estimate of drug-likeness (QED) is 0.115. The number of hydrogen-bond acceptors (Lipinski definition) is 5. The fourth-order valence-electron chi connectivity index (χ4n) is 6.61. The van der Waals surface area contributed by atoms with Crippen molar-refractivity contribution < 1.29 is 24.5 Å². The third-order valence-electron chi connectivity index (χ3n) is 9.75. The van der Waals surface area contributed by atoms with Gasteiger partial charge in [0.05, 0.1) is 26.4 Å². The maximum Gasteiger partial charge on any atom is 0.333 e. The van der Waals surface area contributed by atoms with E-state index in [4.69, 9.17) is 9.47 Å². The number of aryl methyl sites for hydroxylation is 1. The molecule has 0 radical (unpaired) electrons. The fraction of sp³-hybridized carbons (Fsp3) is 0.488. The summed E-state index contributed by atoms with van der Waals surface area (Å²) in [4.78, 5) is 12.1. The second kappa shape index (κ2) is 17.5. The van der Waals surface area contributed by atoms with Crippen LogP contribution in [0.15, 0.2) is 72.8 Å². The van der Waals surface area contributed by atoms with Gasteiger partial charge < -0.3 is 19.7 Å². The van der Waals surface area contributed by atoms with Crippen molar-refractivity contribution in [1.82, 2.24) is 0 Å². The fourth-order valence-corrected chi connectivity index (χ4v) is 6.61. The minimum Gasteiger partial charge on any atom is -0.493 e. The van der Waals surface area contributed by atoms with Crippen LogP contribution in [-0.2, 0) is 22.4 Å². The van der Waals surface area contributed by atoms with Crippen molar-refractivity contribution in [2.75, 3.05) is 26.4 Å². The molecule has 46 heavy (non-hydrogen) atoms. The van der Waals surface area contributed by atoms with E-state index >= 15 is 0 Å². The van der Waals surface area contributed by atoms with E-state index in [-0.39, 0.29) is 19.8 Å². The number of hydrogen-bond donors (Lipinski definition) is 2. The number of benzene rings is 3. The average Bonchev–Trinajstić information content (AvgIpc) is 3.10. The molecule has 1 aliphatic carbocycles. The summed E-state index contributed by atoms with van der Waals surface area (Å²) in [5, 5.41) is 20.1. The lowest BCUT2D eigenvalue weighted by Gasteiger charge is -2.30. The predicted octanol–water partition coefficient (Wildman–Crippen LogP) is 9.22. The van der Waals surface area contributed by atoms with Crippen molar-refractivity contribution in [2.24, 2.45) is 5.41 Å². The van der Waals surface area contributed by atoms with Crippen molar-refractivity contribution in [1.29, 1.82) is 0 Å². The molecule has 0 atom stereocenters. The highest BCUT2D eigenvalue weighted by molar-refractivity contribution is 5.86. The maximum absolute atomic E-state index is 12.1. The molecule has 4 rings (SSSR count). The molecule has 0 bridgehead atoms. The van der Waals surface area contributed by atoms with E-state index in [2.05, 4.69) is 75.0 Å². The number of aliphatic hydroxyl groups is 2. The first-order valence-electron chi connectivity index (χ1n) is 17.4. The van der Waals surface area contributed by atoms with E-state index in [1.54, 1.807) is 6.92 Å². The van der Waals surface area contributed by atoms with Crippen molar-refractivity contribution in [3.8, 4) is 28.0 Å². The lowest BCUT2D eigenvalue weighted by Crippen LogP contribution is -2.32. The van der Waals surface area contributed by atoms with Gasteiger partial charge in [-0.1, -0.05) is 101 Å². The molecule has 5 heteroatoms. The summed E-state index contributed by atoms with van der Waals surface area (Å²) >= 11 is 0. The van der Waals surface area contributed by atoms with Gasteiger partial charge in [-0.3, -0.25) is 0 Å². The molecule has 1 aliphatic rings. The van der Waals surface area contributed by atoms with Crippen LogP contribution < -0.4 is 4.74 Å². The molecule has 248 valence electrons. The molecule has 0 heterocycles. The second-order valence-electron chi connectivity index (χ2n) is 13.2. The van der Waals surface area contributed by atoms with E-state index in [0.29, 0.717) is 30.9 Å². The molecule has 1 fully saturated rings. The number of carbonyl (C=O) groups is 1. The van der Waals surface area contributed by atoms with Crippen molar-refractivity contribution >= 4 is 5.97 Å². The lowest BCUT2D eigenvalue weighted by molar-refractivity contribution is -0.138. The van der Waals surface area contributed by atoms with E-state index in [9.17, 15) is 15.0 Å². The molecule has 0 unspecified atom stereocenters. The van der Waals surface area contributed by atoms with Crippen LogP contribution in [0.3, 0.4) is 0 Å². The Hall–Kier alpha value is -3.41. The summed E-state index contributed by atoms with van der Waals surface area (Å²) in [6.07, 6.45) is 11.3. The van der Waals surface area contributed by atoms with Crippen LogP contribution in [0.4, 0.5) is 0 Å². The van der Waals surface area contributed by atoms with Gasteiger partial charge in [-0.15, -0.1) is 0 Å². The molecule has 1 saturated carbocycles. The highest BCUT2D eigenvalue weighted by Gasteiger charge is 2.28. The zero-order valence-corrected chi connectivity index (χ0v) is 28.3. The number of ether oxygens (including phenoxy) is 2. The zero-order chi connectivity index (χ0) is 32.9. The molecule has 0 aliphatic heterocycles. The van der Waals surface area contributed by atoms with Crippen LogP contribution >= 0.6 is 0 Å². The summed E-state index contributed by atoms with van der Waals surface area (Å²) in [5.41, 5.74) is 8.24. The van der Waals surface area contributed by atoms with Gasteiger partial charge in [0.2, 0.25) is 0 Å². The van der Waals surface area contributed by atoms with Gasteiger partial charge >= 0.3 is 5.97 Å². The standard InChI is InChI=1S/C41H54O5/c1-5-7-22-41(28-42,29-43)23-25-45-39-20-18-36(27-37(39)21-24-46-40(44)30(3)4)38-19-17-35(26-31(38)6-2)34-15-13-33(14-16-34)32-11-9-8-10-12-32/h13-20,26-27,32,42-43H,3,5-12,21-25,28-29H2,1-2,4H3. The van der Waals surface area contributed by atoms with E-state index in [1.807, 2.05) is 6.07 Å². The smallest absolute Gasteiger partial charge is 0.333 e. The number of unbranched alkanes of at least 4 members (excludes halogenated alkanes) is 1. The Balaban J connectivity index is 1.56. The van der Waals surface area contributed by atoms with Crippen LogP contribution in [0.1, 0.15) is 101 Å². The third-order valence-corrected chi connectivity index (χ3v) is 9.75. The molecule has 5 nitrogen and oxygen atoms in total. The highest BCUT2D eigenvalue weighted by atomic mass is 16.5. The van der Waals surface area contributed by atoms with Gasteiger partial charge in [-0.25, -0.2) is 4.79 Å². The van der Waals surface area contributed by atoms with Gasteiger partial charge in [0.25, 0.3) is 0 Å². The summed E-state index contributed by atoms with van der Waals surface area (Å²) in [7, 11) is 0. The zero-order valence-electron chi connectivity index (χ0n) is 28.3. The Morgan fingerprint density at radius 2 is 1.52 bits per heavy atom. The van der Waals surface area contributed by atoms with Gasteiger partial charge in [-0.05, 0) is 96.0 Å². The number of aliphatic hydroxyl groups excluding tert-OH is 2. The molecule has 0 amide bonds. The maximum atomic E-state index is 12.1. The van der Waals surface area contributed by atoms with Crippen LogP contribution in [-0.4, -0.2) is 42.6 Å². The minimum atomic E-state index is -0.554. The van der Waals surface area contributed by atoms with Crippen LogP contribution in [0.2, 0.25) is 0 Å². The van der Waals surface area contributed by atoms with Crippen molar-refractivity contribution in [2.45, 2.75) is 97.3 Å². The van der Waals surface area contributed by atoms with Gasteiger partial charge in [-0.2, -0.15) is 0 Å². The molecule has 3 aromatic rings. The highest BCUT2D eigenvalue weighted by Crippen LogP contribution is 2.36. The van der Waals surface area contributed by atoms with Crippen molar-refractivity contribution in [3.63, 3.8) is 0 Å².